The standard InChI is InChI=1S/C18H19N3O2/c1-11(2)10-16(22)20-14-7-4-6-13(12(14)3)18-21-17-15(23-18)8-5-9-19-17/h4-9,11H,10H2,1-3H3,(H,20,22). The Morgan fingerprint density at radius 3 is 2.83 bits per heavy atom. The molecule has 0 saturated carbocycles. The number of carbonyl (C=O) groups is 1. The minimum absolute atomic E-state index is 0.0134. The van der Waals surface area contributed by atoms with Gasteiger partial charge >= 0.3 is 0 Å². The average Bonchev–Trinajstić information content (AvgIpc) is 2.92. The number of rotatable bonds is 4. The number of hydrogen-bond acceptors (Lipinski definition) is 4. The number of pyridine rings is 1. The van der Waals surface area contributed by atoms with Crippen LogP contribution in [0.25, 0.3) is 22.7 Å². The van der Waals surface area contributed by atoms with Crippen molar-refractivity contribution in [2.45, 2.75) is 27.2 Å². The lowest BCUT2D eigenvalue weighted by molar-refractivity contribution is -0.116. The Hall–Kier alpha value is -2.69. The first-order valence-electron chi connectivity index (χ1n) is 7.66. The number of nitrogens with one attached hydrogen (secondary N) is 1. The third-order valence-electron chi connectivity index (χ3n) is 3.60. The zero-order chi connectivity index (χ0) is 16.4. The summed E-state index contributed by atoms with van der Waals surface area (Å²) in [7, 11) is 0. The van der Waals surface area contributed by atoms with E-state index in [0.29, 0.717) is 29.5 Å². The van der Waals surface area contributed by atoms with Gasteiger partial charge in [0.2, 0.25) is 11.8 Å². The van der Waals surface area contributed by atoms with Crippen LogP contribution < -0.4 is 5.32 Å². The number of amides is 1. The van der Waals surface area contributed by atoms with Gasteiger partial charge in [0.1, 0.15) is 0 Å². The first-order valence-corrected chi connectivity index (χ1v) is 7.66. The lowest BCUT2D eigenvalue weighted by atomic mass is 10.1. The van der Waals surface area contributed by atoms with Crippen molar-refractivity contribution in [3.05, 3.63) is 42.1 Å². The third kappa shape index (κ3) is 3.23. The van der Waals surface area contributed by atoms with Gasteiger partial charge < -0.3 is 9.73 Å². The molecular formula is C18H19N3O2. The molecule has 118 valence electrons. The molecule has 0 aliphatic heterocycles. The lowest BCUT2D eigenvalue weighted by Gasteiger charge is -2.11. The van der Waals surface area contributed by atoms with Crippen LogP contribution in [0.2, 0.25) is 0 Å². The van der Waals surface area contributed by atoms with Gasteiger partial charge in [-0.1, -0.05) is 19.9 Å². The van der Waals surface area contributed by atoms with Crippen LogP contribution in [0.5, 0.6) is 0 Å². The van der Waals surface area contributed by atoms with Crippen LogP contribution in [0.3, 0.4) is 0 Å². The molecule has 0 unspecified atom stereocenters. The van der Waals surface area contributed by atoms with Crippen LogP contribution in [-0.2, 0) is 4.79 Å². The topological polar surface area (TPSA) is 68.0 Å². The quantitative estimate of drug-likeness (QED) is 0.785. The van der Waals surface area contributed by atoms with E-state index in [1.54, 1.807) is 6.20 Å². The van der Waals surface area contributed by atoms with E-state index in [0.717, 1.165) is 16.8 Å². The highest BCUT2D eigenvalue weighted by atomic mass is 16.3. The zero-order valence-electron chi connectivity index (χ0n) is 13.5. The summed E-state index contributed by atoms with van der Waals surface area (Å²) in [6, 6.07) is 9.35. The molecular weight excluding hydrogens is 290 g/mol. The first-order chi connectivity index (χ1) is 11.0. The second-order valence-electron chi connectivity index (χ2n) is 5.97. The molecule has 1 aromatic carbocycles. The Balaban J connectivity index is 1.94. The summed E-state index contributed by atoms with van der Waals surface area (Å²) >= 11 is 0. The van der Waals surface area contributed by atoms with Crippen molar-refractivity contribution in [1.29, 1.82) is 0 Å². The molecule has 0 atom stereocenters. The van der Waals surface area contributed by atoms with Crippen LogP contribution in [0.4, 0.5) is 5.69 Å². The Morgan fingerprint density at radius 1 is 1.26 bits per heavy atom. The molecule has 2 heterocycles. The lowest BCUT2D eigenvalue weighted by Crippen LogP contribution is -2.14. The fraction of sp³-hybridized carbons (Fsp3) is 0.278. The van der Waals surface area contributed by atoms with E-state index in [1.165, 1.54) is 0 Å². The number of aromatic nitrogens is 2. The second kappa shape index (κ2) is 6.20. The molecule has 5 nitrogen and oxygen atoms in total. The van der Waals surface area contributed by atoms with Crippen molar-refractivity contribution >= 4 is 22.8 Å². The highest BCUT2D eigenvalue weighted by molar-refractivity contribution is 5.92. The van der Waals surface area contributed by atoms with Gasteiger partial charge in [-0.05, 0) is 42.7 Å². The Morgan fingerprint density at radius 2 is 2.09 bits per heavy atom. The summed E-state index contributed by atoms with van der Waals surface area (Å²) in [4.78, 5) is 20.6. The number of nitrogens with zero attached hydrogens (tertiary/aromatic N) is 2. The smallest absolute Gasteiger partial charge is 0.229 e. The Kier molecular flexibility index (Phi) is 4.10. The van der Waals surface area contributed by atoms with E-state index < -0.39 is 0 Å². The number of carbonyl (C=O) groups excluding carboxylic acids is 1. The highest BCUT2D eigenvalue weighted by Gasteiger charge is 2.14. The SMILES string of the molecule is Cc1c(NC(=O)CC(C)C)cccc1-c1nc2ncccc2o1. The second-order valence-corrected chi connectivity index (χ2v) is 5.97. The maximum absolute atomic E-state index is 12.0. The van der Waals surface area contributed by atoms with E-state index >= 15 is 0 Å². The molecule has 0 radical (unpaired) electrons. The fourth-order valence-corrected chi connectivity index (χ4v) is 2.46. The predicted molar refractivity (Wildman–Crippen MR) is 90.1 cm³/mol. The van der Waals surface area contributed by atoms with E-state index in [9.17, 15) is 4.79 Å². The van der Waals surface area contributed by atoms with E-state index in [-0.39, 0.29) is 5.91 Å². The maximum Gasteiger partial charge on any atom is 0.229 e. The van der Waals surface area contributed by atoms with E-state index in [2.05, 4.69) is 15.3 Å². The molecule has 0 aliphatic carbocycles. The molecule has 3 rings (SSSR count). The van der Waals surface area contributed by atoms with Crippen LogP contribution >= 0.6 is 0 Å². The average molecular weight is 309 g/mol. The summed E-state index contributed by atoms with van der Waals surface area (Å²) in [5, 5.41) is 2.96. The normalized spacial score (nSPS) is 11.1. The number of fused-ring (bicyclic) bond motifs is 1. The van der Waals surface area contributed by atoms with Crippen molar-refractivity contribution in [2.75, 3.05) is 5.32 Å². The fourth-order valence-electron chi connectivity index (χ4n) is 2.46. The molecule has 1 amide bonds. The molecule has 0 spiro atoms. The van der Waals surface area contributed by atoms with Crippen molar-refractivity contribution in [2.24, 2.45) is 5.92 Å². The number of hydrogen-bond donors (Lipinski definition) is 1. The zero-order valence-corrected chi connectivity index (χ0v) is 13.5. The van der Waals surface area contributed by atoms with Crippen molar-refractivity contribution < 1.29 is 9.21 Å². The number of benzene rings is 1. The van der Waals surface area contributed by atoms with Crippen molar-refractivity contribution in [1.82, 2.24) is 9.97 Å². The van der Waals surface area contributed by atoms with Crippen LogP contribution in [0, 0.1) is 12.8 Å². The van der Waals surface area contributed by atoms with Crippen LogP contribution in [0.1, 0.15) is 25.8 Å². The van der Waals surface area contributed by atoms with Gasteiger partial charge in [0, 0.05) is 23.9 Å². The van der Waals surface area contributed by atoms with E-state index in [1.807, 2.05) is 51.1 Å². The first kappa shape index (κ1) is 15.2. The van der Waals surface area contributed by atoms with Gasteiger partial charge in [-0.15, -0.1) is 0 Å². The number of oxazole rings is 1. The predicted octanol–water partition coefficient (Wildman–Crippen LogP) is 4.18. The summed E-state index contributed by atoms with van der Waals surface area (Å²) < 4.78 is 5.77. The van der Waals surface area contributed by atoms with E-state index in [4.69, 9.17) is 4.42 Å². The summed E-state index contributed by atoms with van der Waals surface area (Å²) in [6.07, 6.45) is 2.18. The molecule has 5 heteroatoms. The largest absolute Gasteiger partial charge is 0.434 e. The Labute approximate surface area is 134 Å². The molecule has 3 aromatic rings. The third-order valence-corrected chi connectivity index (χ3v) is 3.60. The van der Waals surface area contributed by atoms with Gasteiger partial charge in [0.25, 0.3) is 0 Å². The van der Waals surface area contributed by atoms with Crippen molar-refractivity contribution in [3.63, 3.8) is 0 Å². The van der Waals surface area contributed by atoms with Crippen molar-refractivity contribution in [3.8, 4) is 11.5 Å². The van der Waals surface area contributed by atoms with Crippen LogP contribution in [0.15, 0.2) is 40.9 Å². The highest BCUT2D eigenvalue weighted by Crippen LogP contribution is 2.30. The van der Waals surface area contributed by atoms with Crippen LogP contribution in [-0.4, -0.2) is 15.9 Å². The molecule has 0 saturated heterocycles. The molecule has 1 N–H and O–H groups in total. The summed E-state index contributed by atoms with van der Waals surface area (Å²) in [5.41, 5.74) is 3.79. The molecule has 0 aliphatic rings. The van der Waals surface area contributed by atoms with Gasteiger partial charge in [-0.25, -0.2) is 4.98 Å². The monoisotopic (exact) mass is 309 g/mol. The number of anilines is 1. The van der Waals surface area contributed by atoms with Gasteiger partial charge in [-0.2, -0.15) is 4.98 Å². The minimum atomic E-state index is 0.0134. The van der Waals surface area contributed by atoms with Gasteiger partial charge in [0.05, 0.1) is 0 Å². The minimum Gasteiger partial charge on any atom is -0.434 e. The van der Waals surface area contributed by atoms with Gasteiger partial charge in [0.15, 0.2) is 11.2 Å². The molecule has 23 heavy (non-hydrogen) atoms. The maximum atomic E-state index is 12.0. The summed E-state index contributed by atoms with van der Waals surface area (Å²) in [6.45, 7) is 5.99. The molecule has 0 fully saturated rings. The summed E-state index contributed by atoms with van der Waals surface area (Å²) in [5.74, 6) is 0.845. The molecule has 2 aromatic heterocycles. The Bertz CT molecular complexity index is 819. The molecule has 0 bridgehead atoms. The van der Waals surface area contributed by atoms with Gasteiger partial charge in [-0.3, -0.25) is 4.79 Å².